The molecule has 1 N–H and O–H groups in total. The van der Waals surface area contributed by atoms with Gasteiger partial charge in [-0.05, 0) is 55.2 Å². The van der Waals surface area contributed by atoms with Crippen molar-refractivity contribution < 1.29 is 14.6 Å². The van der Waals surface area contributed by atoms with Gasteiger partial charge in [-0.1, -0.05) is 35.3 Å². The van der Waals surface area contributed by atoms with Crippen molar-refractivity contribution in [3.8, 4) is 11.5 Å². The molecule has 1 aromatic heterocycles. The molecule has 0 amide bonds. The number of rotatable bonds is 9. The number of benzene rings is 2. The van der Waals surface area contributed by atoms with Crippen LogP contribution in [0.15, 0.2) is 54.9 Å². The van der Waals surface area contributed by atoms with Crippen molar-refractivity contribution in [1.29, 1.82) is 0 Å². The van der Waals surface area contributed by atoms with E-state index in [4.69, 9.17) is 32.7 Å². The summed E-state index contributed by atoms with van der Waals surface area (Å²) in [5, 5.41) is 16.1. The number of ether oxygens (including phenoxy) is 2. The first-order valence-electron chi connectivity index (χ1n) is 11.1. The molecule has 6 nitrogen and oxygen atoms in total. The largest absolute Gasteiger partial charge is 0.492 e. The molecule has 1 fully saturated rings. The maximum absolute atomic E-state index is 10.9. The van der Waals surface area contributed by atoms with Crippen LogP contribution in [0.1, 0.15) is 24.0 Å². The highest BCUT2D eigenvalue weighted by Crippen LogP contribution is 2.29. The zero-order valence-corrected chi connectivity index (χ0v) is 20.2. The van der Waals surface area contributed by atoms with Gasteiger partial charge in [-0.25, -0.2) is 0 Å². The third-order valence-electron chi connectivity index (χ3n) is 5.84. The van der Waals surface area contributed by atoms with Crippen molar-refractivity contribution >= 4 is 23.2 Å². The summed E-state index contributed by atoms with van der Waals surface area (Å²) in [6.07, 6.45) is 5.15. The maximum atomic E-state index is 10.9. The number of piperidine rings is 1. The minimum Gasteiger partial charge on any atom is -0.492 e. The average Bonchev–Trinajstić information content (AvgIpc) is 3.22. The summed E-state index contributed by atoms with van der Waals surface area (Å²) in [4.78, 5) is 2.35. The highest BCUT2D eigenvalue weighted by molar-refractivity contribution is 6.42. The van der Waals surface area contributed by atoms with Crippen LogP contribution in [0.25, 0.3) is 0 Å². The molecule has 1 aliphatic heterocycles. The van der Waals surface area contributed by atoms with Crippen LogP contribution >= 0.6 is 23.2 Å². The summed E-state index contributed by atoms with van der Waals surface area (Å²) in [5.74, 6) is 1.47. The van der Waals surface area contributed by atoms with Crippen LogP contribution in [0.5, 0.6) is 11.5 Å². The van der Waals surface area contributed by atoms with E-state index in [2.05, 4.69) is 22.1 Å². The van der Waals surface area contributed by atoms with E-state index >= 15 is 0 Å². The quantitative estimate of drug-likeness (QED) is 0.459. The molecule has 33 heavy (non-hydrogen) atoms. The predicted octanol–water partition coefficient (Wildman–Crippen LogP) is 4.98. The first-order valence-corrected chi connectivity index (χ1v) is 11.9. The maximum Gasteiger partial charge on any atom is 0.121 e. The van der Waals surface area contributed by atoms with E-state index in [1.165, 1.54) is 5.56 Å². The Morgan fingerprint density at radius 3 is 2.55 bits per heavy atom. The molecule has 1 saturated heterocycles. The molecular formula is C25H29Cl2N3O3. The van der Waals surface area contributed by atoms with Crippen molar-refractivity contribution in [2.75, 3.05) is 26.3 Å². The second-order valence-corrected chi connectivity index (χ2v) is 9.46. The number of hydrogen-bond acceptors (Lipinski definition) is 5. The van der Waals surface area contributed by atoms with E-state index < -0.39 is 5.60 Å². The molecule has 3 aromatic rings. The van der Waals surface area contributed by atoms with Crippen LogP contribution in [0, 0.1) is 6.92 Å². The topological polar surface area (TPSA) is 59.8 Å². The lowest BCUT2D eigenvalue weighted by molar-refractivity contribution is -0.0537. The summed E-state index contributed by atoms with van der Waals surface area (Å²) in [5.41, 5.74) is 1.49. The second-order valence-electron chi connectivity index (χ2n) is 8.64. The van der Waals surface area contributed by atoms with Crippen LogP contribution in [0.2, 0.25) is 10.0 Å². The lowest BCUT2D eigenvalue weighted by Crippen LogP contribution is -2.47. The highest BCUT2D eigenvalue weighted by atomic mass is 35.5. The van der Waals surface area contributed by atoms with Gasteiger partial charge < -0.3 is 14.6 Å². The molecule has 0 atom stereocenters. The number of aryl methyl sites for hydroxylation is 1. The van der Waals surface area contributed by atoms with E-state index in [0.717, 1.165) is 30.9 Å². The second kappa shape index (κ2) is 10.8. The SMILES string of the molecule is Cc1cnn(CCOc2cccc(CN3CCC(O)(COc4ccc(Cl)c(Cl)c4)CC3)c2)c1. The molecule has 0 saturated carbocycles. The van der Waals surface area contributed by atoms with Crippen LogP contribution in [-0.2, 0) is 13.1 Å². The smallest absolute Gasteiger partial charge is 0.121 e. The van der Waals surface area contributed by atoms with Gasteiger partial charge in [-0.15, -0.1) is 0 Å². The first kappa shape index (κ1) is 23.9. The van der Waals surface area contributed by atoms with Gasteiger partial charge in [-0.3, -0.25) is 9.58 Å². The Balaban J connectivity index is 1.22. The summed E-state index contributed by atoms with van der Waals surface area (Å²) >= 11 is 12.0. The van der Waals surface area contributed by atoms with Crippen molar-refractivity contribution in [3.63, 3.8) is 0 Å². The summed E-state index contributed by atoms with van der Waals surface area (Å²) in [7, 11) is 0. The van der Waals surface area contributed by atoms with Crippen molar-refractivity contribution in [2.45, 2.75) is 38.5 Å². The summed E-state index contributed by atoms with van der Waals surface area (Å²) < 4.78 is 13.6. The van der Waals surface area contributed by atoms with Crippen molar-refractivity contribution in [2.24, 2.45) is 0 Å². The van der Waals surface area contributed by atoms with Crippen molar-refractivity contribution in [1.82, 2.24) is 14.7 Å². The molecule has 0 bridgehead atoms. The van der Waals surface area contributed by atoms with E-state index in [9.17, 15) is 5.11 Å². The molecule has 0 aliphatic carbocycles. The van der Waals surface area contributed by atoms with Gasteiger partial charge >= 0.3 is 0 Å². The predicted molar refractivity (Wildman–Crippen MR) is 130 cm³/mol. The molecule has 2 heterocycles. The number of likely N-dealkylation sites (tertiary alicyclic amines) is 1. The van der Waals surface area contributed by atoms with Gasteiger partial charge in [0.2, 0.25) is 0 Å². The number of nitrogens with zero attached hydrogens (tertiary/aromatic N) is 3. The standard InChI is InChI=1S/C25H29Cl2N3O3/c1-19-15-28-30(16-19)11-12-32-21-4-2-3-20(13-21)17-29-9-7-25(31,8-10-29)18-33-22-5-6-23(26)24(27)14-22/h2-6,13-16,31H,7-12,17-18H2,1H3. The normalized spacial score (nSPS) is 16.0. The molecule has 0 unspecified atom stereocenters. The Bertz CT molecular complexity index is 1060. The van der Waals surface area contributed by atoms with E-state index in [0.29, 0.717) is 41.8 Å². The molecule has 0 radical (unpaired) electrons. The van der Waals surface area contributed by atoms with Gasteiger partial charge in [0, 0.05) is 31.9 Å². The minimum absolute atomic E-state index is 0.234. The average molecular weight is 490 g/mol. The highest BCUT2D eigenvalue weighted by Gasteiger charge is 2.33. The third-order valence-corrected chi connectivity index (χ3v) is 6.58. The fourth-order valence-corrected chi connectivity index (χ4v) is 4.18. The Morgan fingerprint density at radius 2 is 1.82 bits per heavy atom. The summed E-state index contributed by atoms with van der Waals surface area (Å²) in [6, 6.07) is 13.3. The molecular weight excluding hydrogens is 461 g/mol. The Morgan fingerprint density at radius 1 is 1.03 bits per heavy atom. The minimum atomic E-state index is -0.849. The van der Waals surface area contributed by atoms with Crippen LogP contribution in [0.4, 0.5) is 0 Å². The van der Waals surface area contributed by atoms with Crippen LogP contribution in [-0.4, -0.2) is 51.7 Å². The van der Waals surface area contributed by atoms with Crippen LogP contribution in [0.3, 0.4) is 0 Å². The first-order chi connectivity index (χ1) is 15.9. The fourth-order valence-electron chi connectivity index (χ4n) is 3.89. The molecule has 4 rings (SSSR count). The zero-order chi connectivity index (χ0) is 23.3. The zero-order valence-electron chi connectivity index (χ0n) is 18.7. The molecule has 2 aromatic carbocycles. The Hall–Kier alpha value is -2.25. The number of aliphatic hydroxyl groups is 1. The molecule has 176 valence electrons. The number of aromatic nitrogens is 2. The summed E-state index contributed by atoms with van der Waals surface area (Å²) in [6.45, 7) is 5.96. The lowest BCUT2D eigenvalue weighted by Gasteiger charge is -2.38. The van der Waals surface area contributed by atoms with E-state index in [1.54, 1.807) is 18.2 Å². The number of hydrogen-bond donors (Lipinski definition) is 1. The molecule has 8 heteroatoms. The van der Waals surface area contributed by atoms with E-state index in [-0.39, 0.29) is 6.61 Å². The third kappa shape index (κ3) is 6.87. The van der Waals surface area contributed by atoms with Gasteiger partial charge in [0.1, 0.15) is 30.3 Å². The van der Waals surface area contributed by atoms with E-state index in [1.807, 2.05) is 36.1 Å². The molecule has 1 aliphatic rings. The van der Waals surface area contributed by atoms with Crippen LogP contribution < -0.4 is 9.47 Å². The molecule has 0 spiro atoms. The number of halogens is 2. The van der Waals surface area contributed by atoms with Crippen molar-refractivity contribution in [3.05, 3.63) is 76.0 Å². The van der Waals surface area contributed by atoms with Gasteiger partial charge in [0.25, 0.3) is 0 Å². The fraction of sp³-hybridized carbons (Fsp3) is 0.400. The van der Waals surface area contributed by atoms with Gasteiger partial charge in [0.15, 0.2) is 0 Å². The Kier molecular flexibility index (Phi) is 7.81. The van der Waals surface area contributed by atoms with Gasteiger partial charge in [-0.2, -0.15) is 5.10 Å². The van der Waals surface area contributed by atoms with Gasteiger partial charge in [0.05, 0.1) is 22.8 Å². The lowest BCUT2D eigenvalue weighted by atomic mass is 9.92. The monoisotopic (exact) mass is 489 g/mol. The Labute approximate surface area is 204 Å².